The Morgan fingerprint density at radius 3 is 1.45 bits per heavy atom. The maximum Gasteiger partial charge on any atom is 0.113 e. The number of amidine groups is 1. The smallest absolute Gasteiger partial charge is 0.113 e. The molecule has 0 amide bonds. The molecule has 0 bridgehead atoms. The highest BCUT2D eigenvalue weighted by molar-refractivity contribution is 5.93. The van der Waals surface area contributed by atoms with E-state index >= 15 is 0 Å². The predicted molar refractivity (Wildman–Crippen MR) is 150 cm³/mol. The van der Waals surface area contributed by atoms with Crippen LogP contribution >= 0.6 is 0 Å². The second-order valence-corrected chi connectivity index (χ2v) is 11.2. The van der Waals surface area contributed by atoms with E-state index in [9.17, 15) is 0 Å². The van der Waals surface area contributed by atoms with Crippen molar-refractivity contribution in [2.75, 3.05) is 13.1 Å². The van der Waals surface area contributed by atoms with Crippen molar-refractivity contribution in [3.05, 3.63) is 11.8 Å². The fourth-order valence-corrected chi connectivity index (χ4v) is 5.29. The van der Waals surface area contributed by atoms with Crippen LogP contribution in [0.2, 0.25) is 0 Å². The van der Waals surface area contributed by atoms with Gasteiger partial charge in [0.25, 0.3) is 0 Å². The lowest BCUT2D eigenvalue weighted by Gasteiger charge is -2.27. The Morgan fingerprint density at radius 1 is 0.606 bits per heavy atom. The minimum atomic E-state index is 0.0983. The molecule has 2 nitrogen and oxygen atoms in total. The van der Waals surface area contributed by atoms with Crippen LogP contribution in [0.5, 0.6) is 0 Å². The monoisotopic (exact) mass is 460 g/mol. The molecule has 0 aromatic rings. The van der Waals surface area contributed by atoms with Crippen LogP contribution in [0.15, 0.2) is 16.8 Å². The second kappa shape index (κ2) is 19.5. The lowest BCUT2D eigenvalue weighted by Crippen LogP contribution is -2.33. The molecule has 0 unspecified atom stereocenters. The van der Waals surface area contributed by atoms with Crippen molar-refractivity contribution in [3.63, 3.8) is 0 Å². The molecule has 0 fully saturated rings. The van der Waals surface area contributed by atoms with Gasteiger partial charge in [-0.15, -0.1) is 0 Å². The first-order valence-corrected chi connectivity index (χ1v) is 15.0. The third-order valence-electron chi connectivity index (χ3n) is 7.34. The maximum atomic E-state index is 5.13. The lowest BCUT2D eigenvalue weighted by atomic mass is 9.93. The largest absolute Gasteiger partial charge is 0.334 e. The number of allylic oxidation sites excluding steroid dienone is 1. The van der Waals surface area contributed by atoms with Crippen molar-refractivity contribution in [1.29, 1.82) is 0 Å². The van der Waals surface area contributed by atoms with Gasteiger partial charge in [-0.25, -0.2) is 0 Å². The van der Waals surface area contributed by atoms with E-state index in [1.165, 1.54) is 140 Å². The first-order valence-electron chi connectivity index (χ1n) is 15.0. The molecule has 0 aliphatic carbocycles. The third-order valence-corrected chi connectivity index (χ3v) is 7.34. The van der Waals surface area contributed by atoms with E-state index < -0.39 is 0 Å². The van der Waals surface area contributed by atoms with E-state index in [-0.39, 0.29) is 5.41 Å². The van der Waals surface area contributed by atoms with Crippen molar-refractivity contribution < 1.29 is 0 Å². The van der Waals surface area contributed by atoms with Crippen LogP contribution in [0.1, 0.15) is 163 Å². The first kappa shape index (κ1) is 30.2. The van der Waals surface area contributed by atoms with Gasteiger partial charge in [-0.05, 0) is 33.6 Å². The minimum absolute atomic E-state index is 0.0983. The fraction of sp³-hybridized carbons (Fsp3) is 0.903. The van der Waals surface area contributed by atoms with Gasteiger partial charge in [0.2, 0.25) is 0 Å². The molecule has 2 heteroatoms. The van der Waals surface area contributed by atoms with Gasteiger partial charge in [0.15, 0.2) is 0 Å². The van der Waals surface area contributed by atoms with E-state index in [0.29, 0.717) is 0 Å². The van der Waals surface area contributed by atoms with Crippen molar-refractivity contribution in [2.24, 2.45) is 10.4 Å². The molecular weight excluding hydrogens is 400 g/mol. The van der Waals surface area contributed by atoms with Crippen LogP contribution in [0, 0.1) is 5.41 Å². The standard InChI is InChI=1S/C31H60N2/c1-6-8-10-12-14-16-18-20-22-24-26-32-30-31(4,5)28-29(3)33(30)27-25-23-21-19-17-15-13-11-9-7-2/h28H,6-27H2,1-5H3. The van der Waals surface area contributed by atoms with Gasteiger partial charge in [0.1, 0.15) is 5.84 Å². The summed E-state index contributed by atoms with van der Waals surface area (Å²) in [4.78, 5) is 7.66. The van der Waals surface area contributed by atoms with Gasteiger partial charge >= 0.3 is 0 Å². The molecule has 0 radical (unpaired) electrons. The lowest BCUT2D eigenvalue weighted by molar-refractivity contribution is 0.460. The molecule has 1 aliphatic rings. The Balaban J connectivity index is 2.18. The molecule has 0 saturated carbocycles. The molecular formula is C31H60N2. The summed E-state index contributed by atoms with van der Waals surface area (Å²) in [6, 6.07) is 0. The number of nitrogens with zero attached hydrogens (tertiary/aromatic N) is 2. The van der Waals surface area contributed by atoms with Crippen LogP contribution < -0.4 is 0 Å². The summed E-state index contributed by atoms with van der Waals surface area (Å²) in [6.45, 7) is 13.7. The van der Waals surface area contributed by atoms with Crippen molar-refractivity contribution >= 4 is 5.84 Å². The first-order chi connectivity index (χ1) is 16.0. The van der Waals surface area contributed by atoms with E-state index in [1.54, 1.807) is 0 Å². The van der Waals surface area contributed by atoms with E-state index in [0.717, 1.165) is 13.1 Å². The zero-order chi connectivity index (χ0) is 24.2. The Morgan fingerprint density at radius 2 is 1.00 bits per heavy atom. The zero-order valence-corrected chi connectivity index (χ0v) is 23.5. The van der Waals surface area contributed by atoms with E-state index in [1.807, 2.05) is 0 Å². The van der Waals surface area contributed by atoms with Gasteiger partial charge < -0.3 is 4.90 Å². The quantitative estimate of drug-likeness (QED) is 0.147. The summed E-state index contributed by atoms with van der Waals surface area (Å²) in [5, 5.41) is 0. The molecule has 1 heterocycles. The topological polar surface area (TPSA) is 15.6 Å². The summed E-state index contributed by atoms with van der Waals surface area (Å²) in [7, 11) is 0. The maximum absolute atomic E-state index is 5.13. The predicted octanol–water partition coefficient (Wildman–Crippen LogP) is 10.5. The highest BCUT2D eigenvalue weighted by Crippen LogP contribution is 2.33. The van der Waals surface area contributed by atoms with Crippen molar-refractivity contribution in [1.82, 2.24) is 4.90 Å². The Hall–Kier alpha value is -0.790. The number of hydrogen-bond acceptors (Lipinski definition) is 1. The number of rotatable bonds is 22. The van der Waals surface area contributed by atoms with Crippen molar-refractivity contribution in [2.45, 2.75) is 163 Å². The van der Waals surface area contributed by atoms with Crippen molar-refractivity contribution in [3.8, 4) is 0 Å². The minimum Gasteiger partial charge on any atom is -0.334 e. The van der Waals surface area contributed by atoms with Crippen LogP contribution in [0.4, 0.5) is 0 Å². The Kier molecular flexibility index (Phi) is 17.9. The molecule has 194 valence electrons. The normalized spacial score (nSPS) is 16.7. The van der Waals surface area contributed by atoms with Crippen LogP contribution in [0.25, 0.3) is 0 Å². The molecule has 1 rings (SSSR count). The second-order valence-electron chi connectivity index (χ2n) is 11.2. The molecule has 0 spiro atoms. The van der Waals surface area contributed by atoms with E-state index in [4.69, 9.17) is 4.99 Å². The summed E-state index contributed by atoms with van der Waals surface area (Å²) < 4.78 is 0. The highest BCUT2D eigenvalue weighted by Gasteiger charge is 2.34. The average molecular weight is 461 g/mol. The van der Waals surface area contributed by atoms with Crippen LogP contribution in [-0.4, -0.2) is 23.8 Å². The van der Waals surface area contributed by atoms with Crippen LogP contribution in [-0.2, 0) is 0 Å². The fourth-order valence-electron chi connectivity index (χ4n) is 5.29. The number of aliphatic imine (C=N–C) groups is 1. The average Bonchev–Trinajstić information content (AvgIpc) is 3.00. The number of hydrogen-bond donors (Lipinski definition) is 0. The molecule has 0 N–H and O–H groups in total. The van der Waals surface area contributed by atoms with Crippen LogP contribution in [0.3, 0.4) is 0 Å². The van der Waals surface area contributed by atoms with E-state index in [2.05, 4.69) is 45.6 Å². The van der Waals surface area contributed by atoms with Gasteiger partial charge in [0, 0.05) is 24.2 Å². The summed E-state index contributed by atoms with van der Waals surface area (Å²) in [5.74, 6) is 1.33. The molecule has 0 atom stereocenters. The summed E-state index contributed by atoms with van der Waals surface area (Å²) >= 11 is 0. The molecule has 1 aliphatic heterocycles. The third kappa shape index (κ3) is 14.3. The van der Waals surface area contributed by atoms with Gasteiger partial charge in [0.05, 0.1) is 0 Å². The number of unbranched alkanes of at least 4 members (excludes halogenated alkanes) is 18. The van der Waals surface area contributed by atoms with Gasteiger partial charge in [-0.3, -0.25) is 4.99 Å². The molecule has 33 heavy (non-hydrogen) atoms. The highest BCUT2D eigenvalue weighted by atomic mass is 15.2. The molecule has 0 aromatic carbocycles. The summed E-state index contributed by atoms with van der Waals surface area (Å²) in [6.07, 6.45) is 30.4. The Labute approximate surface area is 209 Å². The molecule has 0 aromatic heterocycles. The SMILES string of the molecule is CCCCCCCCCCCCN=C1N(CCCCCCCCCCCC)C(C)=CC1(C)C. The molecule has 0 saturated heterocycles. The van der Waals surface area contributed by atoms with Gasteiger partial charge in [-0.2, -0.15) is 0 Å². The zero-order valence-electron chi connectivity index (χ0n) is 23.5. The van der Waals surface area contributed by atoms with Gasteiger partial charge in [-0.1, -0.05) is 135 Å². The Bertz CT molecular complexity index is 517. The summed E-state index contributed by atoms with van der Waals surface area (Å²) in [5.41, 5.74) is 1.51.